The molecule has 1 saturated heterocycles. The van der Waals surface area contributed by atoms with Crippen molar-refractivity contribution in [1.82, 2.24) is 10.2 Å². The number of nitrogens with one attached hydrogen (secondary N) is 1. The first-order valence-electron chi connectivity index (χ1n) is 6.77. The molecule has 0 radical (unpaired) electrons. The molecule has 0 aromatic carbocycles. The number of carbonyl (C=O) groups is 3. The van der Waals surface area contributed by atoms with E-state index in [1.54, 1.807) is 6.92 Å². The first kappa shape index (κ1) is 15.8. The third kappa shape index (κ3) is 2.91. The molecule has 3 atom stereocenters. The molecule has 7 nitrogen and oxygen atoms in total. The topological polar surface area (TPSA) is 113 Å². The third-order valence-electron chi connectivity index (χ3n) is 3.69. The second-order valence-corrected chi connectivity index (χ2v) is 6.46. The van der Waals surface area contributed by atoms with Crippen molar-refractivity contribution in [3.8, 4) is 0 Å². The molecule has 2 rings (SSSR count). The van der Waals surface area contributed by atoms with E-state index in [1.165, 1.54) is 23.6 Å². The van der Waals surface area contributed by atoms with Crippen LogP contribution in [0, 0.1) is 5.92 Å². The smallest absolute Gasteiger partial charge is 0.353 e. The standard InChI is InChI=1S/C13H19N3O4S/c1-6(14)10-8-5-9(21-4-3-15-7(2)17)11(13(19)20)16(8)12(10)18/h6,8,10H,3-5,14H2,1-2H3,(H,15,17)(H,19,20)/t6-,8-,10-/m1/s1. The van der Waals surface area contributed by atoms with Gasteiger partial charge >= 0.3 is 5.97 Å². The summed E-state index contributed by atoms with van der Waals surface area (Å²) in [4.78, 5) is 36.3. The van der Waals surface area contributed by atoms with E-state index in [4.69, 9.17) is 5.73 Å². The lowest BCUT2D eigenvalue weighted by Crippen LogP contribution is -2.63. The number of carboxylic acid groups (broad SMARTS) is 1. The Hall–Kier alpha value is -1.54. The molecule has 0 aromatic rings. The van der Waals surface area contributed by atoms with E-state index in [0.717, 1.165) is 0 Å². The number of fused-ring (bicyclic) bond motifs is 1. The monoisotopic (exact) mass is 313 g/mol. The number of rotatable bonds is 6. The van der Waals surface area contributed by atoms with E-state index in [1.807, 2.05) is 0 Å². The second kappa shape index (κ2) is 6.07. The lowest BCUT2D eigenvalue weighted by atomic mass is 9.82. The van der Waals surface area contributed by atoms with Gasteiger partial charge in [-0.05, 0) is 6.92 Å². The first-order chi connectivity index (χ1) is 9.84. The van der Waals surface area contributed by atoms with E-state index in [-0.39, 0.29) is 35.5 Å². The van der Waals surface area contributed by atoms with Crippen LogP contribution in [-0.2, 0) is 14.4 Å². The zero-order valence-corrected chi connectivity index (χ0v) is 12.8. The van der Waals surface area contributed by atoms with Crippen LogP contribution in [0.15, 0.2) is 10.6 Å². The van der Waals surface area contributed by atoms with Crippen LogP contribution in [0.1, 0.15) is 20.3 Å². The number of hydrogen-bond acceptors (Lipinski definition) is 5. The highest BCUT2D eigenvalue weighted by molar-refractivity contribution is 8.03. The summed E-state index contributed by atoms with van der Waals surface area (Å²) in [6.45, 7) is 3.66. The quantitative estimate of drug-likeness (QED) is 0.459. The minimum absolute atomic E-state index is 0.0784. The summed E-state index contributed by atoms with van der Waals surface area (Å²) in [5.41, 5.74) is 5.88. The molecule has 2 heterocycles. The molecule has 0 bridgehead atoms. The summed E-state index contributed by atoms with van der Waals surface area (Å²) in [6, 6.07) is -0.413. The summed E-state index contributed by atoms with van der Waals surface area (Å²) >= 11 is 1.38. The van der Waals surface area contributed by atoms with E-state index in [2.05, 4.69) is 5.32 Å². The van der Waals surface area contributed by atoms with Crippen LogP contribution in [-0.4, -0.2) is 52.2 Å². The zero-order chi connectivity index (χ0) is 15.7. The largest absolute Gasteiger partial charge is 0.477 e. The number of aliphatic carboxylic acids is 1. The van der Waals surface area contributed by atoms with Gasteiger partial charge in [0.15, 0.2) is 0 Å². The van der Waals surface area contributed by atoms with Crippen molar-refractivity contribution in [3.63, 3.8) is 0 Å². The lowest BCUT2D eigenvalue weighted by Gasteiger charge is -2.45. The summed E-state index contributed by atoms with van der Waals surface area (Å²) in [7, 11) is 0. The molecule has 2 aliphatic heterocycles. The minimum atomic E-state index is -1.09. The van der Waals surface area contributed by atoms with Gasteiger partial charge in [-0.3, -0.25) is 9.59 Å². The van der Waals surface area contributed by atoms with Crippen molar-refractivity contribution in [2.75, 3.05) is 12.3 Å². The van der Waals surface area contributed by atoms with E-state index in [9.17, 15) is 19.5 Å². The van der Waals surface area contributed by atoms with Crippen LogP contribution in [0.5, 0.6) is 0 Å². The molecule has 116 valence electrons. The van der Waals surface area contributed by atoms with Gasteiger partial charge in [0.1, 0.15) is 5.70 Å². The van der Waals surface area contributed by atoms with E-state index in [0.29, 0.717) is 23.6 Å². The molecule has 0 unspecified atom stereocenters. The van der Waals surface area contributed by atoms with Gasteiger partial charge in [0.2, 0.25) is 11.8 Å². The molecule has 0 saturated carbocycles. The Morgan fingerprint density at radius 3 is 2.76 bits per heavy atom. The molecule has 2 amide bonds. The molecule has 0 aliphatic carbocycles. The SMILES string of the molecule is CC(=O)NCCSC1=C(C(=O)O)N2C(=O)[C@H]([C@@H](C)N)[C@H]2C1. The number of carboxylic acids is 1. The van der Waals surface area contributed by atoms with Crippen LogP contribution >= 0.6 is 11.8 Å². The fraction of sp³-hybridized carbons (Fsp3) is 0.615. The fourth-order valence-electron chi connectivity index (χ4n) is 2.81. The lowest BCUT2D eigenvalue weighted by molar-refractivity contribution is -0.155. The molecular formula is C13H19N3O4S. The summed E-state index contributed by atoms with van der Waals surface area (Å²) in [5, 5.41) is 12.0. The van der Waals surface area contributed by atoms with Gasteiger partial charge in [0.05, 0.1) is 12.0 Å². The molecule has 0 aromatic heterocycles. The third-order valence-corrected chi connectivity index (χ3v) is 4.81. The molecule has 0 spiro atoms. The van der Waals surface area contributed by atoms with E-state index >= 15 is 0 Å². The Bertz CT molecular complexity index is 518. The molecule has 1 fully saturated rings. The second-order valence-electron chi connectivity index (χ2n) is 5.27. The summed E-state index contributed by atoms with van der Waals surface area (Å²) < 4.78 is 0. The van der Waals surface area contributed by atoms with Crippen molar-refractivity contribution in [3.05, 3.63) is 10.6 Å². The van der Waals surface area contributed by atoms with Crippen molar-refractivity contribution in [2.24, 2.45) is 11.7 Å². The van der Waals surface area contributed by atoms with Gasteiger partial charge < -0.3 is 21.1 Å². The number of nitrogens with zero attached hydrogens (tertiary/aromatic N) is 1. The molecule has 4 N–H and O–H groups in total. The van der Waals surface area contributed by atoms with Crippen LogP contribution in [0.25, 0.3) is 0 Å². The Labute approximate surface area is 126 Å². The number of hydrogen-bond donors (Lipinski definition) is 3. The number of amides is 2. The molecule has 2 aliphatic rings. The summed E-state index contributed by atoms with van der Waals surface area (Å²) in [5.74, 6) is -1.14. The van der Waals surface area contributed by atoms with Gasteiger partial charge in [0, 0.05) is 36.6 Å². The van der Waals surface area contributed by atoms with Crippen LogP contribution in [0.3, 0.4) is 0 Å². The number of nitrogens with two attached hydrogens (primary N) is 1. The Morgan fingerprint density at radius 2 is 2.24 bits per heavy atom. The Balaban J connectivity index is 2.04. The molecule has 8 heteroatoms. The van der Waals surface area contributed by atoms with Gasteiger partial charge in [-0.25, -0.2) is 4.79 Å². The highest BCUT2D eigenvalue weighted by Gasteiger charge is 2.56. The maximum atomic E-state index is 12.0. The Kier molecular flexibility index (Phi) is 4.58. The molecular weight excluding hydrogens is 294 g/mol. The number of β-lactam (4-membered cyclic amide) rings is 1. The van der Waals surface area contributed by atoms with Crippen LogP contribution < -0.4 is 11.1 Å². The summed E-state index contributed by atoms with van der Waals surface area (Å²) in [6.07, 6.45) is 0.532. The number of thioether (sulfide) groups is 1. The van der Waals surface area contributed by atoms with Gasteiger partial charge in [-0.2, -0.15) is 0 Å². The van der Waals surface area contributed by atoms with Crippen molar-refractivity contribution in [1.29, 1.82) is 0 Å². The predicted octanol–water partition coefficient (Wildman–Crippen LogP) is -0.270. The Morgan fingerprint density at radius 1 is 1.57 bits per heavy atom. The van der Waals surface area contributed by atoms with Crippen molar-refractivity contribution < 1.29 is 19.5 Å². The minimum Gasteiger partial charge on any atom is -0.477 e. The maximum absolute atomic E-state index is 12.0. The maximum Gasteiger partial charge on any atom is 0.353 e. The van der Waals surface area contributed by atoms with Crippen LogP contribution in [0.4, 0.5) is 0 Å². The fourth-order valence-corrected chi connectivity index (χ4v) is 3.87. The first-order valence-corrected chi connectivity index (χ1v) is 7.75. The van der Waals surface area contributed by atoms with Crippen molar-refractivity contribution in [2.45, 2.75) is 32.4 Å². The molecule has 21 heavy (non-hydrogen) atoms. The van der Waals surface area contributed by atoms with Gasteiger partial charge in [-0.15, -0.1) is 11.8 Å². The normalized spacial score (nSPS) is 25.5. The van der Waals surface area contributed by atoms with Gasteiger partial charge in [-0.1, -0.05) is 0 Å². The highest BCUT2D eigenvalue weighted by Crippen LogP contribution is 2.46. The highest BCUT2D eigenvalue weighted by atomic mass is 32.2. The van der Waals surface area contributed by atoms with Crippen LogP contribution in [0.2, 0.25) is 0 Å². The predicted molar refractivity (Wildman–Crippen MR) is 78.2 cm³/mol. The number of carbonyl (C=O) groups excluding carboxylic acids is 2. The van der Waals surface area contributed by atoms with Crippen molar-refractivity contribution >= 4 is 29.5 Å². The average molecular weight is 313 g/mol. The average Bonchev–Trinajstić information content (AvgIpc) is 2.68. The zero-order valence-electron chi connectivity index (χ0n) is 12.0. The van der Waals surface area contributed by atoms with Gasteiger partial charge in [0.25, 0.3) is 0 Å². The van der Waals surface area contributed by atoms with E-state index < -0.39 is 5.97 Å².